The van der Waals surface area contributed by atoms with Crippen molar-refractivity contribution in [3.8, 4) is 0 Å². The fourth-order valence-corrected chi connectivity index (χ4v) is 1.42. The van der Waals surface area contributed by atoms with E-state index in [1.165, 1.54) is 4.90 Å². The number of amides is 2. The topological polar surface area (TPSA) is 32.3 Å². The summed E-state index contributed by atoms with van der Waals surface area (Å²) in [5.41, 5.74) is 0.592. The number of rotatable bonds is 2. The number of halogens is 2. The number of nitrogens with one attached hydrogen (secondary N) is 1. The highest BCUT2D eigenvalue weighted by Crippen LogP contribution is 2.25. The van der Waals surface area contributed by atoms with Crippen LogP contribution in [0, 0.1) is 0 Å². The predicted molar refractivity (Wildman–Crippen MR) is 76.3 cm³/mol. The normalized spacial score (nSPS) is 11.2. The lowest BCUT2D eigenvalue weighted by molar-refractivity contribution is 0.204. The summed E-state index contributed by atoms with van der Waals surface area (Å²) < 4.78 is 0. The van der Waals surface area contributed by atoms with Gasteiger partial charge in [-0.05, 0) is 32.0 Å². The van der Waals surface area contributed by atoms with E-state index in [-0.39, 0.29) is 6.03 Å². The van der Waals surface area contributed by atoms with Crippen molar-refractivity contribution >= 4 is 47.5 Å². The second-order valence-electron chi connectivity index (χ2n) is 4.11. The third kappa shape index (κ3) is 3.98. The quantitative estimate of drug-likeness (QED) is 0.624. The standard InChI is InChI=1S/C11H14Cl2N2OS/c1-11(2,17)15(3)10(16)14-7-4-5-8(12)9(13)6-7/h4-6,17H,1-3H3,(H,14,16). The Morgan fingerprint density at radius 3 is 2.41 bits per heavy atom. The fraction of sp³-hybridized carbons (Fsp3) is 0.364. The van der Waals surface area contributed by atoms with E-state index >= 15 is 0 Å². The number of carbonyl (C=O) groups is 1. The van der Waals surface area contributed by atoms with Crippen molar-refractivity contribution in [3.63, 3.8) is 0 Å². The number of anilines is 1. The van der Waals surface area contributed by atoms with Gasteiger partial charge in [-0.2, -0.15) is 12.6 Å². The van der Waals surface area contributed by atoms with Crippen LogP contribution in [0.3, 0.4) is 0 Å². The van der Waals surface area contributed by atoms with Crippen LogP contribution in [0.4, 0.5) is 10.5 Å². The second kappa shape index (κ2) is 5.38. The van der Waals surface area contributed by atoms with Crippen molar-refractivity contribution < 1.29 is 4.79 Å². The van der Waals surface area contributed by atoms with Crippen LogP contribution in [0.25, 0.3) is 0 Å². The third-order valence-electron chi connectivity index (χ3n) is 2.30. The molecular formula is C11H14Cl2N2OS. The molecule has 2 amide bonds. The van der Waals surface area contributed by atoms with E-state index in [2.05, 4.69) is 17.9 Å². The highest BCUT2D eigenvalue weighted by molar-refractivity contribution is 7.81. The smallest absolute Gasteiger partial charge is 0.314 e. The van der Waals surface area contributed by atoms with Gasteiger partial charge in [-0.25, -0.2) is 4.79 Å². The molecule has 94 valence electrons. The van der Waals surface area contributed by atoms with Crippen LogP contribution in [-0.2, 0) is 0 Å². The van der Waals surface area contributed by atoms with Gasteiger partial charge < -0.3 is 10.2 Å². The Morgan fingerprint density at radius 2 is 1.94 bits per heavy atom. The molecule has 17 heavy (non-hydrogen) atoms. The summed E-state index contributed by atoms with van der Waals surface area (Å²) in [7, 11) is 1.67. The zero-order valence-electron chi connectivity index (χ0n) is 9.79. The molecule has 0 fully saturated rings. The molecule has 0 atom stereocenters. The van der Waals surface area contributed by atoms with Gasteiger partial charge >= 0.3 is 6.03 Å². The first kappa shape index (κ1) is 14.5. The van der Waals surface area contributed by atoms with Crippen LogP contribution < -0.4 is 5.32 Å². The number of thiol groups is 1. The summed E-state index contributed by atoms with van der Waals surface area (Å²) in [5, 5.41) is 3.56. The van der Waals surface area contributed by atoms with Gasteiger partial charge in [0.05, 0.1) is 14.9 Å². The minimum atomic E-state index is -0.541. The first-order chi connectivity index (χ1) is 7.71. The van der Waals surface area contributed by atoms with Gasteiger partial charge in [0, 0.05) is 12.7 Å². The van der Waals surface area contributed by atoms with Crippen LogP contribution >= 0.6 is 35.8 Å². The van der Waals surface area contributed by atoms with Crippen LogP contribution in [0.15, 0.2) is 18.2 Å². The Kier molecular flexibility index (Phi) is 4.58. The van der Waals surface area contributed by atoms with Gasteiger partial charge in [0.15, 0.2) is 0 Å². The molecule has 0 unspecified atom stereocenters. The molecule has 0 aromatic heterocycles. The Balaban J connectivity index is 2.78. The molecule has 0 saturated carbocycles. The van der Waals surface area contributed by atoms with E-state index in [1.807, 2.05) is 13.8 Å². The number of hydrogen-bond donors (Lipinski definition) is 2. The number of nitrogens with zero attached hydrogens (tertiary/aromatic N) is 1. The van der Waals surface area contributed by atoms with Crippen molar-refractivity contribution in [1.82, 2.24) is 4.90 Å². The molecule has 0 aliphatic carbocycles. The van der Waals surface area contributed by atoms with E-state index in [1.54, 1.807) is 25.2 Å². The van der Waals surface area contributed by atoms with Crippen molar-refractivity contribution in [2.45, 2.75) is 18.7 Å². The number of hydrogen-bond acceptors (Lipinski definition) is 2. The van der Waals surface area contributed by atoms with Crippen LogP contribution in [0.1, 0.15) is 13.8 Å². The molecule has 0 spiro atoms. The van der Waals surface area contributed by atoms with E-state index in [0.717, 1.165) is 0 Å². The Hall–Kier alpha value is -0.580. The molecule has 0 bridgehead atoms. The van der Waals surface area contributed by atoms with Crippen molar-refractivity contribution in [2.24, 2.45) is 0 Å². The van der Waals surface area contributed by atoms with Crippen molar-refractivity contribution in [1.29, 1.82) is 0 Å². The van der Waals surface area contributed by atoms with Crippen molar-refractivity contribution in [2.75, 3.05) is 12.4 Å². The summed E-state index contributed by atoms with van der Waals surface area (Å²) in [5.74, 6) is 0. The summed E-state index contributed by atoms with van der Waals surface area (Å²) in [6.07, 6.45) is 0. The Bertz CT molecular complexity index is 432. The van der Waals surface area contributed by atoms with Crippen LogP contribution in [-0.4, -0.2) is 22.8 Å². The lowest BCUT2D eigenvalue weighted by Gasteiger charge is -2.30. The fourth-order valence-electron chi connectivity index (χ4n) is 1.03. The average molecular weight is 293 g/mol. The largest absolute Gasteiger partial charge is 0.322 e. The molecule has 1 N–H and O–H groups in total. The maximum absolute atomic E-state index is 11.8. The van der Waals surface area contributed by atoms with Gasteiger partial charge in [-0.3, -0.25) is 0 Å². The molecule has 3 nitrogen and oxygen atoms in total. The van der Waals surface area contributed by atoms with Crippen LogP contribution in [0.5, 0.6) is 0 Å². The zero-order valence-corrected chi connectivity index (χ0v) is 12.2. The van der Waals surface area contributed by atoms with E-state index < -0.39 is 4.87 Å². The minimum absolute atomic E-state index is 0.261. The van der Waals surface area contributed by atoms with Gasteiger partial charge in [-0.15, -0.1) is 0 Å². The minimum Gasteiger partial charge on any atom is -0.314 e. The van der Waals surface area contributed by atoms with Gasteiger partial charge in [0.1, 0.15) is 0 Å². The first-order valence-electron chi connectivity index (χ1n) is 4.94. The molecule has 1 rings (SSSR count). The predicted octanol–water partition coefficient (Wildman–Crippen LogP) is 4.12. The molecule has 6 heteroatoms. The number of benzene rings is 1. The zero-order chi connectivity index (χ0) is 13.2. The van der Waals surface area contributed by atoms with Crippen molar-refractivity contribution in [3.05, 3.63) is 28.2 Å². The van der Waals surface area contributed by atoms with Gasteiger partial charge in [0.25, 0.3) is 0 Å². The first-order valence-corrected chi connectivity index (χ1v) is 6.14. The monoisotopic (exact) mass is 292 g/mol. The molecule has 0 heterocycles. The molecule has 0 aliphatic heterocycles. The van der Waals surface area contributed by atoms with E-state index in [4.69, 9.17) is 23.2 Å². The molecule has 0 saturated heterocycles. The lowest BCUT2D eigenvalue weighted by atomic mass is 10.3. The summed E-state index contributed by atoms with van der Waals surface area (Å²) in [6.45, 7) is 3.65. The second-order valence-corrected chi connectivity index (χ2v) is 6.02. The summed E-state index contributed by atoms with van der Waals surface area (Å²) in [6, 6.07) is 4.65. The third-order valence-corrected chi connectivity index (χ3v) is 3.34. The van der Waals surface area contributed by atoms with Crippen LogP contribution in [0.2, 0.25) is 10.0 Å². The Labute approximate surface area is 116 Å². The van der Waals surface area contributed by atoms with E-state index in [0.29, 0.717) is 15.7 Å². The molecular weight excluding hydrogens is 279 g/mol. The summed E-state index contributed by atoms with van der Waals surface area (Å²) >= 11 is 15.9. The maximum atomic E-state index is 11.8. The van der Waals surface area contributed by atoms with E-state index in [9.17, 15) is 4.79 Å². The average Bonchev–Trinajstić information content (AvgIpc) is 2.21. The molecule has 1 aromatic rings. The maximum Gasteiger partial charge on any atom is 0.322 e. The highest BCUT2D eigenvalue weighted by atomic mass is 35.5. The Morgan fingerprint density at radius 1 is 1.35 bits per heavy atom. The summed E-state index contributed by atoms with van der Waals surface area (Å²) in [4.78, 5) is 12.8. The number of carbonyl (C=O) groups excluding carboxylic acids is 1. The SMILES string of the molecule is CN(C(=O)Nc1ccc(Cl)c(Cl)c1)C(C)(C)S. The molecule has 1 aromatic carbocycles. The molecule has 0 radical (unpaired) electrons. The highest BCUT2D eigenvalue weighted by Gasteiger charge is 2.23. The molecule has 0 aliphatic rings. The van der Waals surface area contributed by atoms with Gasteiger partial charge in [0.2, 0.25) is 0 Å². The number of urea groups is 1. The van der Waals surface area contributed by atoms with Gasteiger partial charge in [-0.1, -0.05) is 23.2 Å². The lowest BCUT2D eigenvalue weighted by Crippen LogP contribution is -2.43.